The van der Waals surface area contributed by atoms with Crippen molar-refractivity contribution in [3.8, 4) is 0 Å². The lowest BCUT2D eigenvalue weighted by Crippen LogP contribution is -2.45. The largest absolute Gasteiger partial charge is 0.352 e. The number of hydrogen-bond donors (Lipinski definition) is 2. The Morgan fingerprint density at radius 3 is 2.48 bits per heavy atom. The Bertz CT molecular complexity index is 577. The minimum Gasteiger partial charge on any atom is -0.352 e. The van der Waals surface area contributed by atoms with Gasteiger partial charge in [-0.3, -0.25) is 14.4 Å². The van der Waals surface area contributed by atoms with Crippen LogP contribution in [0.1, 0.15) is 31.1 Å². The van der Waals surface area contributed by atoms with E-state index in [0.717, 1.165) is 0 Å². The summed E-state index contributed by atoms with van der Waals surface area (Å²) < 4.78 is 0. The summed E-state index contributed by atoms with van der Waals surface area (Å²) in [6, 6.07) is 6.59. The second kappa shape index (κ2) is 6.83. The van der Waals surface area contributed by atoms with Crippen LogP contribution in [-0.4, -0.2) is 24.1 Å². The number of amides is 2. The second-order valence-electron chi connectivity index (χ2n) is 5.21. The smallest absolute Gasteiger partial charge is 0.239 e. The number of carbonyl (C=O) groups excluding carboxylic acids is 3. The maximum Gasteiger partial charge on any atom is 0.239 e. The highest BCUT2D eigenvalue weighted by Gasteiger charge is 2.35. The molecule has 1 aromatic carbocycles. The fourth-order valence-corrected chi connectivity index (χ4v) is 1.59. The van der Waals surface area contributed by atoms with Gasteiger partial charge in [-0.05, 0) is 32.9 Å². The molecule has 1 rings (SSSR count). The molecule has 0 aromatic heterocycles. The van der Waals surface area contributed by atoms with Gasteiger partial charge in [0.2, 0.25) is 11.8 Å². The molecule has 0 aliphatic rings. The molecule has 0 saturated carbocycles. The van der Waals surface area contributed by atoms with Gasteiger partial charge < -0.3 is 10.6 Å². The van der Waals surface area contributed by atoms with Crippen LogP contribution in [0.2, 0.25) is 0 Å². The maximum absolute atomic E-state index is 12.2. The fourth-order valence-electron chi connectivity index (χ4n) is 1.59. The number of ketones is 1. The fraction of sp³-hybridized carbons (Fsp3) is 0.312. The van der Waals surface area contributed by atoms with Gasteiger partial charge in [-0.2, -0.15) is 0 Å². The van der Waals surface area contributed by atoms with Crippen LogP contribution in [0.5, 0.6) is 0 Å². The number of anilines is 1. The van der Waals surface area contributed by atoms with Crippen LogP contribution in [0.15, 0.2) is 36.9 Å². The third kappa shape index (κ3) is 4.27. The standard InChI is InChI=1S/C16H20N2O3/c1-5-9-17-14(20)16(3,4)15(21)18-13-8-6-7-12(10-13)11(2)19/h5-8,10H,1,9H2,2-4H3,(H,17,20)(H,18,21). The van der Waals surface area contributed by atoms with Gasteiger partial charge in [0.15, 0.2) is 5.78 Å². The molecule has 0 fully saturated rings. The van der Waals surface area contributed by atoms with Crippen LogP contribution < -0.4 is 10.6 Å². The minimum absolute atomic E-state index is 0.0888. The highest BCUT2D eigenvalue weighted by Crippen LogP contribution is 2.20. The van der Waals surface area contributed by atoms with E-state index in [0.29, 0.717) is 17.8 Å². The lowest BCUT2D eigenvalue weighted by Gasteiger charge is -2.22. The van der Waals surface area contributed by atoms with Crippen molar-refractivity contribution < 1.29 is 14.4 Å². The van der Waals surface area contributed by atoms with Crippen molar-refractivity contribution in [3.05, 3.63) is 42.5 Å². The Kier molecular flexibility index (Phi) is 5.41. The normalized spacial score (nSPS) is 10.6. The topological polar surface area (TPSA) is 75.3 Å². The lowest BCUT2D eigenvalue weighted by molar-refractivity contribution is -0.138. The molecule has 2 amide bonds. The van der Waals surface area contributed by atoms with Crippen molar-refractivity contribution in [2.45, 2.75) is 20.8 Å². The van der Waals surface area contributed by atoms with Crippen LogP contribution in [0.25, 0.3) is 0 Å². The van der Waals surface area contributed by atoms with Crippen molar-refractivity contribution in [2.24, 2.45) is 5.41 Å². The first-order chi connectivity index (χ1) is 9.78. The Labute approximate surface area is 124 Å². The average Bonchev–Trinajstić information content (AvgIpc) is 2.44. The van der Waals surface area contributed by atoms with E-state index in [4.69, 9.17) is 0 Å². The van der Waals surface area contributed by atoms with E-state index in [2.05, 4.69) is 17.2 Å². The Hall–Kier alpha value is -2.43. The molecule has 21 heavy (non-hydrogen) atoms. The van der Waals surface area contributed by atoms with Crippen molar-refractivity contribution >= 4 is 23.3 Å². The molecule has 1 aromatic rings. The SMILES string of the molecule is C=CCNC(=O)C(C)(C)C(=O)Nc1cccc(C(C)=O)c1. The lowest BCUT2D eigenvalue weighted by atomic mass is 9.91. The summed E-state index contributed by atoms with van der Waals surface area (Å²) in [4.78, 5) is 35.5. The highest BCUT2D eigenvalue weighted by atomic mass is 16.2. The van der Waals surface area contributed by atoms with Gasteiger partial charge in [0.05, 0.1) is 0 Å². The van der Waals surface area contributed by atoms with Crippen LogP contribution >= 0.6 is 0 Å². The molecule has 2 N–H and O–H groups in total. The number of nitrogens with one attached hydrogen (secondary N) is 2. The number of carbonyl (C=O) groups is 3. The molecule has 0 saturated heterocycles. The monoisotopic (exact) mass is 288 g/mol. The molecule has 5 nitrogen and oxygen atoms in total. The molecule has 0 unspecified atom stereocenters. The Morgan fingerprint density at radius 2 is 1.90 bits per heavy atom. The molecule has 112 valence electrons. The Morgan fingerprint density at radius 1 is 1.24 bits per heavy atom. The van der Waals surface area contributed by atoms with E-state index >= 15 is 0 Å². The predicted molar refractivity (Wildman–Crippen MR) is 82.1 cm³/mol. The quantitative estimate of drug-likeness (QED) is 0.478. The number of Topliss-reactive ketones (excluding diaryl/α,β-unsaturated/α-hetero) is 1. The predicted octanol–water partition coefficient (Wildman–Crippen LogP) is 2.16. The summed E-state index contributed by atoms with van der Waals surface area (Å²) in [5, 5.41) is 5.25. The molecule has 0 aliphatic carbocycles. The Balaban J connectivity index is 2.84. The zero-order valence-electron chi connectivity index (χ0n) is 12.5. The first kappa shape index (κ1) is 16.6. The van der Waals surface area contributed by atoms with Gasteiger partial charge in [-0.25, -0.2) is 0 Å². The number of benzene rings is 1. The summed E-state index contributed by atoms with van der Waals surface area (Å²) in [6.45, 7) is 8.33. The molecule has 0 atom stereocenters. The third-order valence-electron chi connectivity index (χ3n) is 3.07. The molecular weight excluding hydrogens is 268 g/mol. The van der Waals surface area contributed by atoms with E-state index in [-0.39, 0.29) is 11.7 Å². The first-order valence-corrected chi connectivity index (χ1v) is 6.60. The van der Waals surface area contributed by atoms with E-state index < -0.39 is 11.3 Å². The van der Waals surface area contributed by atoms with E-state index in [1.807, 2.05) is 0 Å². The average molecular weight is 288 g/mol. The maximum atomic E-state index is 12.2. The van der Waals surface area contributed by atoms with E-state index in [1.165, 1.54) is 20.8 Å². The molecule has 0 spiro atoms. The summed E-state index contributed by atoms with van der Waals surface area (Å²) in [7, 11) is 0. The van der Waals surface area contributed by atoms with Gasteiger partial charge in [-0.1, -0.05) is 18.2 Å². The first-order valence-electron chi connectivity index (χ1n) is 6.60. The van der Waals surface area contributed by atoms with Gasteiger partial charge >= 0.3 is 0 Å². The zero-order valence-corrected chi connectivity index (χ0v) is 12.5. The molecular formula is C16H20N2O3. The molecule has 0 heterocycles. The van der Waals surface area contributed by atoms with Gasteiger partial charge in [0.1, 0.15) is 5.41 Å². The van der Waals surface area contributed by atoms with Crippen molar-refractivity contribution in [2.75, 3.05) is 11.9 Å². The molecule has 0 bridgehead atoms. The molecule has 5 heteroatoms. The summed E-state index contributed by atoms with van der Waals surface area (Å²) >= 11 is 0. The number of rotatable bonds is 6. The highest BCUT2D eigenvalue weighted by molar-refractivity contribution is 6.10. The van der Waals surface area contributed by atoms with Gasteiger partial charge in [0.25, 0.3) is 0 Å². The van der Waals surface area contributed by atoms with Crippen LogP contribution in [0.3, 0.4) is 0 Å². The van der Waals surface area contributed by atoms with Gasteiger partial charge in [-0.15, -0.1) is 6.58 Å². The summed E-state index contributed by atoms with van der Waals surface area (Å²) in [5.74, 6) is -0.915. The third-order valence-corrected chi connectivity index (χ3v) is 3.07. The second-order valence-corrected chi connectivity index (χ2v) is 5.21. The summed E-state index contributed by atoms with van der Waals surface area (Å²) in [5.41, 5.74) is -0.242. The van der Waals surface area contributed by atoms with Crippen LogP contribution in [-0.2, 0) is 9.59 Å². The van der Waals surface area contributed by atoms with E-state index in [9.17, 15) is 14.4 Å². The van der Waals surface area contributed by atoms with E-state index in [1.54, 1.807) is 30.3 Å². The minimum atomic E-state index is -1.23. The number of hydrogen-bond acceptors (Lipinski definition) is 3. The van der Waals surface area contributed by atoms with Crippen molar-refractivity contribution in [3.63, 3.8) is 0 Å². The summed E-state index contributed by atoms with van der Waals surface area (Å²) in [6.07, 6.45) is 1.54. The van der Waals surface area contributed by atoms with Crippen LogP contribution in [0, 0.1) is 5.41 Å². The zero-order chi connectivity index (χ0) is 16.0. The van der Waals surface area contributed by atoms with Gasteiger partial charge in [0, 0.05) is 17.8 Å². The molecule has 0 radical (unpaired) electrons. The molecule has 0 aliphatic heterocycles. The van der Waals surface area contributed by atoms with Crippen molar-refractivity contribution in [1.82, 2.24) is 5.32 Å². The van der Waals surface area contributed by atoms with Crippen molar-refractivity contribution in [1.29, 1.82) is 0 Å². The van der Waals surface area contributed by atoms with Crippen LogP contribution in [0.4, 0.5) is 5.69 Å².